The van der Waals surface area contributed by atoms with Crippen molar-refractivity contribution < 1.29 is 29.0 Å². The molecule has 8 heteroatoms. The number of hydrogen-bond donors (Lipinski definition) is 3. The van der Waals surface area contributed by atoms with Gasteiger partial charge in [-0.2, -0.15) is 0 Å². The van der Waals surface area contributed by atoms with Crippen LogP contribution in [0.4, 0.5) is 0 Å². The summed E-state index contributed by atoms with van der Waals surface area (Å²) in [4.78, 5) is 24.1. The van der Waals surface area contributed by atoms with Gasteiger partial charge in [0.25, 0.3) is 11.8 Å². The van der Waals surface area contributed by atoms with Crippen molar-refractivity contribution in [3.05, 3.63) is 89.0 Å². The molecule has 0 aromatic heterocycles. The highest BCUT2D eigenvalue weighted by atomic mass is 16.7. The van der Waals surface area contributed by atoms with Crippen LogP contribution in [0.1, 0.15) is 31.8 Å². The van der Waals surface area contributed by atoms with E-state index in [9.17, 15) is 9.59 Å². The smallest absolute Gasteiger partial charge is 0.274 e. The summed E-state index contributed by atoms with van der Waals surface area (Å²) in [6, 6.07) is 19.1. The fourth-order valence-electron chi connectivity index (χ4n) is 3.09. The minimum atomic E-state index is -0.586. The number of carbonyl (C=O) groups excluding carboxylic acids is 2. The lowest BCUT2D eigenvalue weighted by molar-refractivity contribution is 0.0706. The average molecular weight is 420 g/mol. The minimum Gasteiger partial charge on any atom is -0.488 e. The number of hydrogen-bond acceptors (Lipinski definition) is 6. The molecule has 0 aliphatic carbocycles. The maximum Gasteiger partial charge on any atom is 0.274 e. The third-order valence-corrected chi connectivity index (χ3v) is 4.73. The fourth-order valence-corrected chi connectivity index (χ4v) is 3.09. The Morgan fingerprint density at radius 1 is 0.903 bits per heavy atom. The molecule has 0 fully saturated rings. The summed E-state index contributed by atoms with van der Waals surface area (Å²) >= 11 is 0. The molecule has 3 aromatic rings. The molecule has 8 nitrogen and oxygen atoms in total. The standard InChI is InChI=1S/C23H20N2O6/c26-22(25-28)17-8-5-15(6-9-17)13-29-19-4-2-1-3-18(19)23(27)24-12-16-7-10-20-21(11-16)31-14-30-20/h1-11,28H,12-14H2,(H,24,27)(H,25,26). The Balaban J connectivity index is 1.38. The summed E-state index contributed by atoms with van der Waals surface area (Å²) in [5.41, 5.74) is 4.03. The monoisotopic (exact) mass is 420 g/mol. The number of amides is 2. The molecule has 0 radical (unpaired) electrons. The van der Waals surface area contributed by atoms with E-state index in [1.165, 1.54) is 0 Å². The van der Waals surface area contributed by atoms with E-state index in [2.05, 4.69) is 5.32 Å². The van der Waals surface area contributed by atoms with Gasteiger partial charge in [0.2, 0.25) is 6.79 Å². The van der Waals surface area contributed by atoms with E-state index in [1.807, 2.05) is 18.2 Å². The molecule has 4 rings (SSSR count). The van der Waals surface area contributed by atoms with E-state index in [0.717, 1.165) is 11.1 Å². The molecule has 0 atom stereocenters. The number of carbonyl (C=O) groups is 2. The minimum absolute atomic E-state index is 0.202. The van der Waals surface area contributed by atoms with Gasteiger partial charge in [-0.15, -0.1) is 0 Å². The second-order valence-electron chi connectivity index (χ2n) is 6.79. The molecule has 0 spiro atoms. The van der Waals surface area contributed by atoms with Gasteiger partial charge >= 0.3 is 0 Å². The van der Waals surface area contributed by atoms with Crippen LogP contribution in [0.2, 0.25) is 0 Å². The summed E-state index contributed by atoms with van der Waals surface area (Å²) in [5, 5.41) is 11.6. The van der Waals surface area contributed by atoms with E-state index < -0.39 is 5.91 Å². The molecule has 0 bridgehead atoms. The number of ether oxygens (including phenoxy) is 3. The van der Waals surface area contributed by atoms with Crippen molar-refractivity contribution >= 4 is 11.8 Å². The Bertz CT molecular complexity index is 1100. The molecular weight excluding hydrogens is 400 g/mol. The number of para-hydroxylation sites is 1. The van der Waals surface area contributed by atoms with Gasteiger partial charge in [0, 0.05) is 12.1 Å². The Morgan fingerprint density at radius 3 is 2.45 bits per heavy atom. The second kappa shape index (κ2) is 9.19. The topological polar surface area (TPSA) is 106 Å². The fraction of sp³-hybridized carbons (Fsp3) is 0.130. The molecule has 31 heavy (non-hydrogen) atoms. The zero-order valence-electron chi connectivity index (χ0n) is 16.5. The molecular formula is C23H20N2O6. The third-order valence-electron chi connectivity index (χ3n) is 4.73. The van der Waals surface area contributed by atoms with E-state index in [1.54, 1.807) is 54.0 Å². The first-order chi connectivity index (χ1) is 15.1. The highest BCUT2D eigenvalue weighted by Crippen LogP contribution is 2.32. The maximum atomic E-state index is 12.7. The summed E-state index contributed by atoms with van der Waals surface area (Å²) in [6.07, 6.45) is 0. The molecule has 0 saturated carbocycles. The van der Waals surface area contributed by atoms with Crippen LogP contribution in [0, 0.1) is 0 Å². The lowest BCUT2D eigenvalue weighted by Gasteiger charge is -2.12. The van der Waals surface area contributed by atoms with E-state index in [-0.39, 0.29) is 19.3 Å². The number of rotatable bonds is 7. The Labute approximate surface area is 178 Å². The molecule has 1 aliphatic rings. The van der Waals surface area contributed by atoms with Crippen molar-refractivity contribution in [3.63, 3.8) is 0 Å². The summed E-state index contributed by atoms with van der Waals surface area (Å²) in [5.74, 6) is 0.958. The van der Waals surface area contributed by atoms with Crippen molar-refractivity contribution in [1.29, 1.82) is 0 Å². The number of nitrogens with one attached hydrogen (secondary N) is 2. The SMILES string of the molecule is O=C(NO)c1ccc(COc2ccccc2C(=O)NCc2ccc3c(c2)OCO3)cc1. The number of fused-ring (bicyclic) bond motifs is 1. The van der Waals surface area contributed by atoms with Crippen LogP contribution in [-0.2, 0) is 13.2 Å². The van der Waals surface area contributed by atoms with Crippen LogP contribution < -0.4 is 25.0 Å². The molecule has 1 heterocycles. The molecule has 2 amide bonds. The molecule has 3 aromatic carbocycles. The summed E-state index contributed by atoms with van der Waals surface area (Å²) in [6.45, 7) is 0.749. The van der Waals surface area contributed by atoms with Crippen molar-refractivity contribution in [1.82, 2.24) is 10.8 Å². The van der Waals surface area contributed by atoms with Gasteiger partial charge in [-0.1, -0.05) is 30.3 Å². The predicted molar refractivity (Wildman–Crippen MR) is 110 cm³/mol. The largest absolute Gasteiger partial charge is 0.488 e. The normalized spacial score (nSPS) is 11.6. The van der Waals surface area contributed by atoms with Gasteiger partial charge in [-0.3, -0.25) is 14.8 Å². The van der Waals surface area contributed by atoms with Crippen molar-refractivity contribution in [2.75, 3.05) is 6.79 Å². The predicted octanol–water partition coefficient (Wildman–Crippen LogP) is 3.04. The van der Waals surface area contributed by atoms with Crippen LogP contribution in [0.5, 0.6) is 17.2 Å². The Hall–Kier alpha value is -4.04. The van der Waals surface area contributed by atoms with Crippen LogP contribution in [0.25, 0.3) is 0 Å². The van der Waals surface area contributed by atoms with Gasteiger partial charge in [-0.25, -0.2) is 5.48 Å². The van der Waals surface area contributed by atoms with Crippen LogP contribution in [0.3, 0.4) is 0 Å². The van der Waals surface area contributed by atoms with Crippen LogP contribution in [-0.4, -0.2) is 23.8 Å². The number of benzene rings is 3. The van der Waals surface area contributed by atoms with E-state index >= 15 is 0 Å². The molecule has 1 aliphatic heterocycles. The zero-order valence-corrected chi connectivity index (χ0v) is 16.5. The van der Waals surface area contributed by atoms with Gasteiger partial charge in [-0.05, 0) is 47.5 Å². The highest BCUT2D eigenvalue weighted by Gasteiger charge is 2.15. The van der Waals surface area contributed by atoms with Crippen molar-refractivity contribution in [3.8, 4) is 17.2 Å². The lowest BCUT2D eigenvalue weighted by atomic mass is 10.1. The van der Waals surface area contributed by atoms with Gasteiger partial charge < -0.3 is 19.5 Å². The second-order valence-corrected chi connectivity index (χ2v) is 6.79. The first kappa shape index (κ1) is 20.2. The third kappa shape index (κ3) is 4.76. The van der Waals surface area contributed by atoms with Gasteiger partial charge in [0.1, 0.15) is 12.4 Å². The summed E-state index contributed by atoms with van der Waals surface area (Å²) < 4.78 is 16.5. The van der Waals surface area contributed by atoms with Crippen molar-refractivity contribution in [2.24, 2.45) is 0 Å². The molecule has 0 saturated heterocycles. The molecule has 158 valence electrons. The Morgan fingerprint density at radius 2 is 1.65 bits per heavy atom. The lowest BCUT2D eigenvalue weighted by Crippen LogP contribution is -2.23. The maximum absolute atomic E-state index is 12.7. The van der Waals surface area contributed by atoms with E-state index in [4.69, 9.17) is 19.4 Å². The molecule has 0 unspecified atom stereocenters. The first-order valence-corrected chi connectivity index (χ1v) is 9.56. The number of hydroxylamine groups is 1. The van der Waals surface area contributed by atoms with Gasteiger partial charge in [0.05, 0.1) is 5.56 Å². The van der Waals surface area contributed by atoms with Crippen molar-refractivity contribution in [2.45, 2.75) is 13.2 Å². The van der Waals surface area contributed by atoms with Gasteiger partial charge in [0.15, 0.2) is 11.5 Å². The highest BCUT2D eigenvalue weighted by molar-refractivity contribution is 5.96. The van der Waals surface area contributed by atoms with Crippen LogP contribution >= 0.6 is 0 Å². The average Bonchev–Trinajstić information content (AvgIpc) is 3.29. The molecule has 3 N–H and O–H groups in total. The first-order valence-electron chi connectivity index (χ1n) is 9.56. The van der Waals surface area contributed by atoms with E-state index in [0.29, 0.717) is 34.9 Å². The summed E-state index contributed by atoms with van der Waals surface area (Å²) in [7, 11) is 0. The zero-order chi connectivity index (χ0) is 21.6. The Kier molecular flexibility index (Phi) is 6.00. The van der Waals surface area contributed by atoms with Crippen LogP contribution in [0.15, 0.2) is 66.7 Å². The quantitative estimate of drug-likeness (QED) is 0.401.